The SMILES string of the molecule is CCC1(CC)CN(Cc2cncc(F)c2)C(C2CC2)CN1. The second-order valence-corrected chi connectivity index (χ2v) is 6.69. The van der Waals surface area contributed by atoms with Crippen molar-refractivity contribution in [1.82, 2.24) is 15.2 Å². The van der Waals surface area contributed by atoms with Crippen LogP contribution in [0.5, 0.6) is 0 Å². The summed E-state index contributed by atoms with van der Waals surface area (Å²) in [4.78, 5) is 6.56. The third-order valence-corrected chi connectivity index (χ3v) is 5.33. The van der Waals surface area contributed by atoms with E-state index < -0.39 is 0 Å². The van der Waals surface area contributed by atoms with Crippen LogP contribution in [-0.2, 0) is 6.54 Å². The van der Waals surface area contributed by atoms with E-state index in [-0.39, 0.29) is 11.4 Å². The Kier molecular flexibility index (Phi) is 4.27. The largest absolute Gasteiger partial charge is 0.308 e. The number of piperazine rings is 1. The van der Waals surface area contributed by atoms with Crippen LogP contribution in [0.3, 0.4) is 0 Å². The minimum Gasteiger partial charge on any atom is -0.308 e. The lowest BCUT2D eigenvalue weighted by Gasteiger charge is -2.48. The number of nitrogens with one attached hydrogen (secondary N) is 1. The molecule has 0 aromatic carbocycles. The molecule has 2 heterocycles. The smallest absolute Gasteiger partial charge is 0.141 e. The van der Waals surface area contributed by atoms with E-state index in [2.05, 4.69) is 29.0 Å². The quantitative estimate of drug-likeness (QED) is 0.904. The molecule has 1 atom stereocenters. The summed E-state index contributed by atoms with van der Waals surface area (Å²) in [5, 5.41) is 3.80. The molecule has 1 aliphatic heterocycles. The van der Waals surface area contributed by atoms with Crippen molar-refractivity contribution in [1.29, 1.82) is 0 Å². The maximum Gasteiger partial charge on any atom is 0.141 e. The maximum absolute atomic E-state index is 13.4. The number of hydrogen-bond donors (Lipinski definition) is 1. The number of halogens is 1. The van der Waals surface area contributed by atoms with Gasteiger partial charge in [-0.1, -0.05) is 13.8 Å². The summed E-state index contributed by atoms with van der Waals surface area (Å²) in [6, 6.07) is 2.22. The molecule has 1 aromatic rings. The first-order valence-corrected chi connectivity index (χ1v) is 8.24. The molecule has 3 rings (SSSR count). The Bertz CT molecular complexity index is 483. The van der Waals surface area contributed by atoms with Gasteiger partial charge in [-0.05, 0) is 43.2 Å². The fourth-order valence-electron chi connectivity index (χ4n) is 3.63. The molecule has 0 spiro atoms. The Labute approximate surface area is 126 Å². The molecule has 1 unspecified atom stereocenters. The minimum absolute atomic E-state index is 0.214. The number of nitrogens with zero attached hydrogens (tertiary/aromatic N) is 2. The molecular weight excluding hydrogens is 265 g/mol. The van der Waals surface area contributed by atoms with E-state index in [4.69, 9.17) is 0 Å². The van der Waals surface area contributed by atoms with Crippen molar-refractivity contribution in [2.45, 2.75) is 57.7 Å². The van der Waals surface area contributed by atoms with E-state index in [0.717, 1.165) is 44.0 Å². The highest BCUT2D eigenvalue weighted by Gasteiger charge is 2.42. The van der Waals surface area contributed by atoms with Gasteiger partial charge in [0.05, 0.1) is 6.20 Å². The third-order valence-electron chi connectivity index (χ3n) is 5.33. The van der Waals surface area contributed by atoms with Crippen LogP contribution in [0.25, 0.3) is 0 Å². The first-order valence-electron chi connectivity index (χ1n) is 8.24. The van der Waals surface area contributed by atoms with E-state index in [1.165, 1.54) is 19.0 Å². The molecule has 1 saturated heterocycles. The summed E-state index contributed by atoms with van der Waals surface area (Å²) in [5.41, 5.74) is 1.20. The van der Waals surface area contributed by atoms with E-state index in [0.29, 0.717) is 6.04 Å². The van der Waals surface area contributed by atoms with Gasteiger partial charge in [0.15, 0.2) is 0 Å². The fourth-order valence-corrected chi connectivity index (χ4v) is 3.63. The van der Waals surface area contributed by atoms with Gasteiger partial charge in [-0.25, -0.2) is 4.39 Å². The highest BCUT2D eigenvalue weighted by atomic mass is 19.1. The second-order valence-electron chi connectivity index (χ2n) is 6.69. The number of hydrogen-bond acceptors (Lipinski definition) is 3. The lowest BCUT2D eigenvalue weighted by molar-refractivity contribution is 0.0556. The Balaban J connectivity index is 1.77. The van der Waals surface area contributed by atoms with Gasteiger partial charge >= 0.3 is 0 Å². The Morgan fingerprint density at radius 2 is 2.10 bits per heavy atom. The number of pyridine rings is 1. The van der Waals surface area contributed by atoms with Gasteiger partial charge in [0.1, 0.15) is 5.82 Å². The van der Waals surface area contributed by atoms with Crippen LogP contribution in [0.1, 0.15) is 45.1 Å². The molecule has 0 bridgehead atoms. The molecule has 4 heteroatoms. The average Bonchev–Trinajstić information content (AvgIpc) is 3.32. The zero-order valence-electron chi connectivity index (χ0n) is 13.1. The van der Waals surface area contributed by atoms with Gasteiger partial charge in [-0.3, -0.25) is 9.88 Å². The van der Waals surface area contributed by atoms with Gasteiger partial charge in [-0.2, -0.15) is 0 Å². The van der Waals surface area contributed by atoms with E-state index in [1.807, 2.05) is 0 Å². The van der Waals surface area contributed by atoms with Crippen LogP contribution in [0.4, 0.5) is 4.39 Å². The standard InChI is InChI=1S/C17H26FN3/c1-3-17(4-2)12-21(16(10-20-17)14-5-6-14)11-13-7-15(18)9-19-8-13/h7-9,14,16,20H,3-6,10-12H2,1-2H3. The highest BCUT2D eigenvalue weighted by Crippen LogP contribution is 2.38. The van der Waals surface area contributed by atoms with Crippen molar-refractivity contribution in [3.05, 3.63) is 29.8 Å². The zero-order chi connectivity index (χ0) is 14.9. The van der Waals surface area contributed by atoms with E-state index >= 15 is 0 Å². The normalized spacial score (nSPS) is 26.0. The molecule has 0 radical (unpaired) electrons. The van der Waals surface area contributed by atoms with Crippen LogP contribution in [0.15, 0.2) is 18.5 Å². The topological polar surface area (TPSA) is 28.2 Å². The molecule has 21 heavy (non-hydrogen) atoms. The molecule has 2 aliphatic rings. The number of aromatic nitrogens is 1. The van der Waals surface area contributed by atoms with Crippen LogP contribution in [0.2, 0.25) is 0 Å². The van der Waals surface area contributed by atoms with Gasteiger partial charge in [0.25, 0.3) is 0 Å². The van der Waals surface area contributed by atoms with Crippen LogP contribution < -0.4 is 5.32 Å². The molecule has 1 N–H and O–H groups in total. The molecule has 1 aliphatic carbocycles. The predicted molar refractivity (Wildman–Crippen MR) is 82.4 cm³/mol. The Hall–Kier alpha value is -1.00. The summed E-state index contributed by atoms with van der Waals surface area (Å²) in [6.45, 7) is 7.45. The second kappa shape index (κ2) is 6.01. The third kappa shape index (κ3) is 3.27. The summed E-state index contributed by atoms with van der Waals surface area (Å²) in [7, 11) is 0. The van der Waals surface area contributed by atoms with E-state index in [1.54, 1.807) is 12.3 Å². The average molecular weight is 291 g/mol. The van der Waals surface area contributed by atoms with Crippen molar-refractivity contribution in [3.8, 4) is 0 Å². The van der Waals surface area contributed by atoms with Crippen molar-refractivity contribution < 1.29 is 4.39 Å². The van der Waals surface area contributed by atoms with E-state index in [9.17, 15) is 4.39 Å². The Morgan fingerprint density at radius 1 is 1.33 bits per heavy atom. The molecular formula is C17H26FN3. The molecule has 3 nitrogen and oxygen atoms in total. The van der Waals surface area contributed by atoms with Crippen LogP contribution in [0, 0.1) is 11.7 Å². The zero-order valence-corrected chi connectivity index (χ0v) is 13.1. The first kappa shape index (κ1) is 14.9. The molecule has 1 aromatic heterocycles. The predicted octanol–water partition coefficient (Wildman–Crippen LogP) is 2.96. The van der Waals surface area contributed by atoms with Crippen molar-refractivity contribution >= 4 is 0 Å². The molecule has 2 fully saturated rings. The lowest BCUT2D eigenvalue weighted by atomic mass is 9.87. The van der Waals surface area contributed by atoms with Crippen molar-refractivity contribution in [2.75, 3.05) is 13.1 Å². The van der Waals surface area contributed by atoms with Crippen LogP contribution >= 0.6 is 0 Å². The monoisotopic (exact) mass is 291 g/mol. The van der Waals surface area contributed by atoms with Gasteiger partial charge in [0.2, 0.25) is 0 Å². The number of rotatable bonds is 5. The Morgan fingerprint density at radius 3 is 2.71 bits per heavy atom. The van der Waals surface area contributed by atoms with Crippen molar-refractivity contribution in [3.63, 3.8) is 0 Å². The van der Waals surface area contributed by atoms with Crippen molar-refractivity contribution in [2.24, 2.45) is 5.92 Å². The maximum atomic E-state index is 13.4. The van der Waals surface area contributed by atoms with Gasteiger partial charge < -0.3 is 5.32 Å². The van der Waals surface area contributed by atoms with Gasteiger partial charge in [0, 0.05) is 37.4 Å². The fraction of sp³-hybridized carbons (Fsp3) is 0.706. The minimum atomic E-state index is -0.233. The molecule has 116 valence electrons. The van der Waals surface area contributed by atoms with Gasteiger partial charge in [-0.15, -0.1) is 0 Å². The molecule has 1 saturated carbocycles. The summed E-state index contributed by atoms with van der Waals surface area (Å²) < 4.78 is 13.4. The summed E-state index contributed by atoms with van der Waals surface area (Å²) in [6.07, 6.45) is 8.04. The summed E-state index contributed by atoms with van der Waals surface area (Å²) in [5.74, 6) is 0.591. The summed E-state index contributed by atoms with van der Waals surface area (Å²) >= 11 is 0. The first-order chi connectivity index (χ1) is 10.2. The van der Waals surface area contributed by atoms with Crippen LogP contribution in [-0.4, -0.2) is 34.6 Å². The molecule has 0 amide bonds. The highest BCUT2D eigenvalue weighted by molar-refractivity contribution is 5.12. The lowest BCUT2D eigenvalue weighted by Crippen LogP contribution is -2.64.